The monoisotopic (exact) mass is 448 g/mol. The van der Waals surface area contributed by atoms with Crippen molar-refractivity contribution in [2.45, 2.75) is 52.4 Å². The summed E-state index contributed by atoms with van der Waals surface area (Å²) >= 11 is 0. The van der Waals surface area contributed by atoms with Crippen LogP contribution in [-0.4, -0.2) is 49.3 Å². The molecule has 1 aliphatic heterocycles. The van der Waals surface area contributed by atoms with Gasteiger partial charge in [-0.05, 0) is 72.3 Å². The van der Waals surface area contributed by atoms with Crippen molar-refractivity contribution in [1.29, 1.82) is 0 Å². The first-order valence-corrected chi connectivity index (χ1v) is 11.3. The summed E-state index contributed by atoms with van der Waals surface area (Å²) in [6.45, 7) is 7.01. The maximum atomic E-state index is 13.0. The van der Waals surface area contributed by atoms with E-state index in [1.165, 1.54) is 5.56 Å². The minimum Gasteiger partial charge on any atom is -0.467 e. The van der Waals surface area contributed by atoms with Gasteiger partial charge in [-0.2, -0.15) is 0 Å². The molecule has 3 aromatic heterocycles. The van der Waals surface area contributed by atoms with Gasteiger partial charge in [0.05, 0.1) is 24.4 Å². The van der Waals surface area contributed by atoms with E-state index in [2.05, 4.69) is 44.5 Å². The fourth-order valence-electron chi connectivity index (χ4n) is 4.56. The van der Waals surface area contributed by atoms with Gasteiger partial charge in [0.1, 0.15) is 12.3 Å². The third-order valence-corrected chi connectivity index (χ3v) is 6.11. The van der Waals surface area contributed by atoms with Gasteiger partial charge in [-0.25, -0.2) is 4.68 Å². The normalized spacial score (nSPS) is 16.3. The number of hydrogen-bond acceptors (Lipinski definition) is 7. The van der Waals surface area contributed by atoms with E-state index in [-0.39, 0.29) is 11.7 Å². The van der Waals surface area contributed by atoms with E-state index in [0.717, 1.165) is 47.2 Å². The molecule has 4 aromatic rings. The molecular weight excluding hydrogens is 420 g/mol. The Balaban J connectivity index is 1.42. The quantitative estimate of drug-likeness (QED) is 0.442. The average molecular weight is 449 g/mol. The van der Waals surface area contributed by atoms with E-state index in [1.54, 1.807) is 10.9 Å². The number of furan rings is 1. The topological polar surface area (TPSA) is 102 Å². The van der Waals surface area contributed by atoms with Crippen LogP contribution in [0.5, 0.6) is 0 Å². The maximum absolute atomic E-state index is 13.0. The largest absolute Gasteiger partial charge is 0.467 e. The van der Waals surface area contributed by atoms with Crippen LogP contribution in [0.1, 0.15) is 41.1 Å². The Morgan fingerprint density at radius 2 is 2.15 bits per heavy atom. The molecule has 0 amide bonds. The molecule has 0 saturated carbocycles. The lowest BCUT2D eigenvalue weighted by molar-refractivity contribution is 0.0663. The smallest absolute Gasteiger partial charge is 0.252 e. The van der Waals surface area contributed by atoms with E-state index >= 15 is 0 Å². The number of pyridine rings is 1. The molecule has 33 heavy (non-hydrogen) atoms. The summed E-state index contributed by atoms with van der Waals surface area (Å²) in [6, 6.07) is 9.94. The Kier molecular flexibility index (Phi) is 6.06. The number of H-pyrrole nitrogens is 1. The van der Waals surface area contributed by atoms with Gasteiger partial charge in [-0.1, -0.05) is 11.6 Å². The van der Waals surface area contributed by atoms with Gasteiger partial charge in [-0.3, -0.25) is 9.69 Å². The Hall–Kier alpha value is -3.30. The van der Waals surface area contributed by atoms with Gasteiger partial charge in [0.2, 0.25) is 0 Å². The molecule has 1 aromatic carbocycles. The van der Waals surface area contributed by atoms with Crippen LogP contribution < -0.4 is 5.56 Å². The highest BCUT2D eigenvalue weighted by atomic mass is 16.5. The maximum Gasteiger partial charge on any atom is 0.252 e. The second-order valence-corrected chi connectivity index (χ2v) is 8.81. The SMILES string of the molecule is Cc1cc(C)c2[nH]c(=O)c(CN(Cc3nnnn3Cc3ccco3)C[C@H]3CCCO3)cc2c1. The van der Waals surface area contributed by atoms with E-state index in [4.69, 9.17) is 9.15 Å². The fourth-order valence-corrected chi connectivity index (χ4v) is 4.56. The van der Waals surface area contributed by atoms with Gasteiger partial charge in [0.15, 0.2) is 5.82 Å². The Morgan fingerprint density at radius 3 is 2.94 bits per heavy atom. The Labute approximate surface area is 191 Å². The average Bonchev–Trinajstić information content (AvgIpc) is 3.54. The van der Waals surface area contributed by atoms with Crippen molar-refractivity contribution >= 4 is 10.9 Å². The van der Waals surface area contributed by atoms with Crippen molar-refractivity contribution in [1.82, 2.24) is 30.1 Å². The number of ether oxygens (including phenoxy) is 1. The second kappa shape index (κ2) is 9.29. The Bertz CT molecular complexity index is 1290. The summed E-state index contributed by atoms with van der Waals surface area (Å²) in [6.07, 6.45) is 3.85. The number of aryl methyl sites for hydroxylation is 2. The molecule has 1 fully saturated rings. The van der Waals surface area contributed by atoms with Crippen LogP contribution in [-0.2, 0) is 24.4 Å². The number of hydrogen-bond donors (Lipinski definition) is 1. The molecule has 1 saturated heterocycles. The van der Waals surface area contributed by atoms with E-state index in [9.17, 15) is 4.79 Å². The summed E-state index contributed by atoms with van der Waals surface area (Å²) in [7, 11) is 0. The summed E-state index contributed by atoms with van der Waals surface area (Å²) in [4.78, 5) is 18.2. The molecule has 1 N–H and O–H groups in total. The lowest BCUT2D eigenvalue weighted by Gasteiger charge is -2.24. The zero-order valence-corrected chi connectivity index (χ0v) is 19.0. The first-order chi connectivity index (χ1) is 16.0. The van der Waals surface area contributed by atoms with Gasteiger partial charge < -0.3 is 14.1 Å². The zero-order chi connectivity index (χ0) is 22.8. The highest BCUT2D eigenvalue weighted by molar-refractivity contribution is 5.82. The fraction of sp³-hybridized carbons (Fsp3) is 0.417. The molecule has 0 unspecified atom stereocenters. The van der Waals surface area contributed by atoms with Gasteiger partial charge in [-0.15, -0.1) is 5.10 Å². The van der Waals surface area contributed by atoms with Crippen molar-refractivity contribution < 1.29 is 9.15 Å². The minimum atomic E-state index is -0.0676. The summed E-state index contributed by atoms with van der Waals surface area (Å²) < 4.78 is 13.1. The van der Waals surface area contributed by atoms with Crippen molar-refractivity contribution in [3.8, 4) is 0 Å². The molecule has 1 aliphatic rings. The summed E-state index contributed by atoms with van der Waals surface area (Å²) in [5, 5.41) is 13.3. The van der Waals surface area contributed by atoms with E-state index < -0.39 is 0 Å². The third-order valence-electron chi connectivity index (χ3n) is 6.11. The van der Waals surface area contributed by atoms with Crippen molar-refractivity contribution in [3.63, 3.8) is 0 Å². The van der Waals surface area contributed by atoms with E-state index in [1.807, 2.05) is 25.1 Å². The number of aromatic nitrogens is 5. The van der Waals surface area contributed by atoms with Gasteiger partial charge in [0.25, 0.3) is 5.56 Å². The minimum absolute atomic E-state index is 0.0676. The molecule has 0 radical (unpaired) electrons. The Morgan fingerprint density at radius 1 is 1.24 bits per heavy atom. The van der Waals surface area contributed by atoms with Crippen LogP contribution in [0.4, 0.5) is 0 Å². The van der Waals surface area contributed by atoms with Crippen molar-refractivity contribution in [3.05, 3.63) is 75.2 Å². The lowest BCUT2D eigenvalue weighted by Crippen LogP contribution is -2.34. The summed E-state index contributed by atoms with van der Waals surface area (Å²) in [5.74, 6) is 1.50. The molecule has 1 atom stereocenters. The van der Waals surface area contributed by atoms with E-state index in [0.29, 0.717) is 32.0 Å². The molecule has 0 spiro atoms. The number of aromatic amines is 1. The van der Waals surface area contributed by atoms with Crippen LogP contribution in [0.2, 0.25) is 0 Å². The van der Waals surface area contributed by atoms with Crippen LogP contribution in [0.25, 0.3) is 10.9 Å². The first-order valence-electron chi connectivity index (χ1n) is 11.3. The number of nitrogens with zero attached hydrogens (tertiary/aromatic N) is 5. The molecule has 0 bridgehead atoms. The van der Waals surface area contributed by atoms with Crippen LogP contribution in [0, 0.1) is 13.8 Å². The molecule has 172 valence electrons. The number of fused-ring (bicyclic) bond motifs is 1. The molecular formula is C24H28N6O3. The molecule has 0 aliphatic carbocycles. The standard InChI is InChI=1S/C24H28N6O3/c1-16-9-17(2)23-18(10-16)11-19(24(31)25-23)12-29(13-20-5-3-7-32-20)15-22-26-27-28-30(22)14-21-6-4-8-33-21/h4,6,8-11,20H,3,5,7,12-15H2,1-2H3,(H,25,31)/t20-/m1/s1. The second-order valence-electron chi connectivity index (χ2n) is 8.81. The third kappa shape index (κ3) is 4.89. The van der Waals surface area contributed by atoms with Crippen LogP contribution in [0.3, 0.4) is 0 Å². The zero-order valence-electron chi connectivity index (χ0n) is 19.0. The molecule has 5 rings (SSSR count). The number of benzene rings is 1. The molecule has 9 heteroatoms. The molecule has 9 nitrogen and oxygen atoms in total. The van der Waals surface area contributed by atoms with Crippen LogP contribution in [0.15, 0.2) is 45.8 Å². The predicted octanol–water partition coefficient (Wildman–Crippen LogP) is 2.95. The number of nitrogens with one attached hydrogen (secondary N) is 1. The van der Waals surface area contributed by atoms with Gasteiger partial charge >= 0.3 is 0 Å². The lowest BCUT2D eigenvalue weighted by atomic mass is 10.0. The summed E-state index contributed by atoms with van der Waals surface area (Å²) in [5.41, 5.74) is 3.79. The van der Waals surface area contributed by atoms with Crippen LogP contribution >= 0.6 is 0 Å². The molecule has 4 heterocycles. The highest BCUT2D eigenvalue weighted by Gasteiger charge is 2.22. The predicted molar refractivity (Wildman–Crippen MR) is 123 cm³/mol. The number of tetrazole rings is 1. The first kappa shape index (κ1) is 21.5. The van der Waals surface area contributed by atoms with Crippen molar-refractivity contribution in [2.24, 2.45) is 0 Å². The van der Waals surface area contributed by atoms with Gasteiger partial charge in [0, 0.05) is 25.3 Å². The highest BCUT2D eigenvalue weighted by Crippen LogP contribution is 2.20. The number of rotatable bonds is 8. The van der Waals surface area contributed by atoms with Crippen molar-refractivity contribution in [2.75, 3.05) is 13.2 Å².